The van der Waals surface area contributed by atoms with Crippen LogP contribution in [-0.2, 0) is 4.79 Å². The van der Waals surface area contributed by atoms with E-state index in [9.17, 15) is 4.79 Å². The number of nitrogens with one attached hydrogen (secondary N) is 1. The number of nitrogens with zero attached hydrogens (tertiary/aromatic N) is 3. The van der Waals surface area contributed by atoms with Gasteiger partial charge in [-0.05, 0) is 25.3 Å². The average Bonchev–Trinajstić information content (AvgIpc) is 3.00. The van der Waals surface area contributed by atoms with Crippen LogP contribution in [0.5, 0.6) is 0 Å². The maximum absolute atomic E-state index is 12.0. The second-order valence-corrected chi connectivity index (χ2v) is 4.78. The van der Waals surface area contributed by atoms with Crippen LogP contribution in [-0.4, -0.2) is 20.7 Å². The lowest BCUT2D eigenvalue weighted by atomic mass is 10.2. The Hall–Kier alpha value is -1.69. The SMILES string of the molecule is C[C@H](NC(=O)[C@@H](C)n1cncn1)c1cccs1. The highest BCUT2D eigenvalue weighted by Gasteiger charge is 2.18. The van der Waals surface area contributed by atoms with Crippen molar-refractivity contribution in [3.8, 4) is 0 Å². The zero-order chi connectivity index (χ0) is 12.3. The van der Waals surface area contributed by atoms with E-state index in [0.29, 0.717) is 0 Å². The number of amides is 1. The fourth-order valence-electron chi connectivity index (χ4n) is 1.48. The molecule has 0 aliphatic heterocycles. The van der Waals surface area contributed by atoms with Crippen molar-refractivity contribution in [2.24, 2.45) is 0 Å². The second-order valence-electron chi connectivity index (χ2n) is 3.80. The Labute approximate surface area is 103 Å². The predicted octanol–water partition coefficient (Wildman–Crippen LogP) is 1.78. The molecule has 0 aliphatic carbocycles. The fourth-order valence-corrected chi connectivity index (χ4v) is 2.21. The van der Waals surface area contributed by atoms with E-state index >= 15 is 0 Å². The molecule has 2 atom stereocenters. The Bertz CT molecular complexity index is 466. The van der Waals surface area contributed by atoms with E-state index in [2.05, 4.69) is 15.4 Å². The third-order valence-electron chi connectivity index (χ3n) is 2.54. The number of aromatic nitrogens is 3. The average molecular weight is 250 g/mol. The topological polar surface area (TPSA) is 59.8 Å². The summed E-state index contributed by atoms with van der Waals surface area (Å²) in [6.07, 6.45) is 2.96. The third-order valence-corrected chi connectivity index (χ3v) is 3.60. The third kappa shape index (κ3) is 2.71. The minimum atomic E-state index is -0.347. The van der Waals surface area contributed by atoms with Crippen LogP contribution >= 0.6 is 11.3 Å². The molecule has 5 nitrogen and oxygen atoms in total. The van der Waals surface area contributed by atoms with Crippen LogP contribution < -0.4 is 5.32 Å². The molecule has 0 unspecified atom stereocenters. The first-order valence-electron chi connectivity index (χ1n) is 5.36. The van der Waals surface area contributed by atoms with Crippen molar-refractivity contribution in [1.29, 1.82) is 0 Å². The summed E-state index contributed by atoms with van der Waals surface area (Å²) in [4.78, 5) is 16.9. The summed E-state index contributed by atoms with van der Waals surface area (Å²) in [6.45, 7) is 3.77. The van der Waals surface area contributed by atoms with Crippen LogP contribution in [0.1, 0.15) is 30.8 Å². The Morgan fingerprint density at radius 1 is 1.53 bits per heavy atom. The Balaban J connectivity index is 1.98. The van der Waals surface area contributed by atoms with E-state index < -0.39 is 0 Å². The molecule has 1 N–H and O–H groups in total. The van der Waals surface area contributed by atoms with Gasteiger partial charge in [-0.15, -0.1) is 11.3 Å². The van der Waals surface area contributed by atoms with Crippen molar-refractivity contribution in [2.75, 3.05) is 0 Å². The second kappa shape index (κ2) is 5.09. The molecular weight excluding hydrogens is 236 g/mol. The monoisotopic (exact) mass is 250 g/mol. The predicted molar refractivity (Wildman–Crippen MR) is 65.6 cm³/mol. The molecule has 2 aromatic rings. The van der Waals surface area contributed by atoms with E-state index in [1.165, 1.54) is 11.0 Å². The summed E-state index contributed by atoms with van der Waals surface area (Å²) >= 11 is 1.63. The maximum Gasteiger partial charge on any atom is 0.245 e. The Kier molecular flexibility index (Phi) is 3.53. The molecule has 0 aliphatic rings. The molecule has 0 radical (unpaired) electrons. The van der Waals surface area contributed by atoms with Crippen molar-refractivity contribution in [3.63, 3.8) is 0 Å². The summed E-state index contributed by atoms with van der Waals surface area (Å²) in [5.74, 6) is -0.0589. The van der Waals surface area contributed by atoms with Gasteiger partial charge in [-0.1, -0.05) is 6.07 Å². The number of hydrogen-bond acceptors (Lipinski definition) is 4. The highest BCUT2D eigenvalue weighted by molar-refractivity contribution is 7.10. The molecule has 0 saturated heterocycles. The molecule has 2 heterocycles. The fraction of sp³-hybridized carbons (Fsp3) is 0.364. The summed E-state index contributed by atoms with van der Waals surface area (Å²) in [6, 6.07) is 3.66. The van der Waals surface area contributed by atoms with Crippen LogP contribution in [0.2, 0.25) is 0 Å². The normalized spacial score (nSPS) is 14.2. The van der Waals surface area contributed by atoms with Crippen molar-refractivity contribution in [2.45, 2.75) is 25.9 Å². The van der Waals surface area contributed by atoms with Gasteiger partial charge in [0.2, 0.25) is 5.91 Å². The van der Waals surface area contributed by atoms with Gasteiger partial charge in [0.25, 0.3) is 0 Å². The lowest BCUT2D eigenvalue weighted by Crippen LogP contribution is -2.32. The first kappa shape index (κ1) is 11.8. The number of carbonyl (C=O) groups excluding carboxylic acids is 1. The van der Waals surface area contributed by atoms with E-state index in [1.807, 2.05) is 24.4 Å². The van der Waals surface area contributed by atoms with E-state index in [-0.39, 0.29) is 18.0 Å². The van der Waals surface area contributed by atoms with Gasteiger partial charge >= 0.3 is 0 Å². The minimum absolute atomic E-state index is 0.0217. The van der Waals surface area contributed by atoms with Crippen molar-refractivity contribution < 1.29 is 4.79 Å². The first-order chi connectivity index (χ1) is 8.18. The van der Waals surface area contributed by atoms with Crippen molar-refractivity contribution in [3.05, 3.63) is 35.0 Å². The highest BCUT2D eigenvalue weighted by atomic mass is 32.1. The Morgan fingerprint density at radius 3 is 2.94 bits per heavy atom. The van der Waals surface area contributed by atoms with Crippen molar-refractivity contribution >= 4 is 17.2 Å². The molecule has 17 heavy (non-hydrogen) atoms. The van der Waals surface area contributed by atoms with Gasteiger partial charge in [-0.2, -0.15) is 5.10 Å². The molecular formula is C11H14N4OS. The standard InChI is InChI=1S/C11H14N4OS/c1-8(10-4-3-5-17-10)14-11(16)9(2)15-7-12-6-13-15/h3-9H,1-2H3,(H,14,16)/t8-,9+/m0/s1. The van der Waals surface area contributed by atoms with Gasteiger partial charge in [-0.3, -0.25) is 4.79 Å². The van der Waals surface area contributed by atoms with E-state index in [1.54, 1.807) is 24.6 Å². The number of hydrogen-bond donors (Lipinski definition) is 1. The molecule has 2 rings (SSSR count). The summed E-state index contributed by atoms with van der Waals surface area (Å²) in [7, 11) is 0. The molecule has 2 aromatic heterocycles. The maximum atomic E-state index is 12.0. The molecule has 90 valence electrons. The number of carbonyl (C=O) groups is 1. The first-order valence-corrected chi connectivity index (χ1v) is 6.24. The van der Waals surface area contributed by atoms with Crippen molar-refractivity contribution in [1.82, 2.24) is 20.1 Å². The number of thiophene rings is 1. The molecule has 0 saturated carbocycles. The smallest absolute Gasteiger partial charge is 0.245 e. The Morgan fingerprint density at radius 2 is 2.35 bits per heavy atom. The lowest BCUT2D eigenvalue weighted by molar-refractivity contribution is -0.124. The molecule has 0 spiro atoms. The zero-order valence-corrected chi connectivity index (χ0v) is 10.5. The van der Waals surface area contributed by atoms with Gasteiger partial charge in [0.15, 0.2) is 0 Å². The largest absolute Gasteiger partial charge is 0.347 e. The van der Waals surface area contributed by atoms with Crippen LogP contribution in [0.3, 0.4) is 0 Å². The quantitative estimate of drug-likeness (QED) is 0.899. The van der Waals surface area contributed by atoms with Crippen LogP contribution in [0, 0.1) is 0 Å². The van der Waals surface area contributed by atoms with Crippen LogP contribution in [0.25, 0.3) is 0 Å². The minimum Gasteiger partial charge on any atom is -0.347 e. The zero-order valence-electron chi connectivity index (χ0n) is 9.70. The van der Waals surface area contributed by atoms with Gasteiger partial charge in [0, 0.05) is 4.88 Å². The van der Waals surface area contributed by atoms with Gasteiger partial charge in [-0.25, -0.2) is 9.67 Å². The van der Waals surface area contributed by atoms with Crippen LogP contribution in [0.15, 0.2) is 30.2 Å². The lowest BCUT2D eigenvalue weighted by Gasteiger charge is -2.16. The van der Waals surface area contributed by atoms with Gasteiger partial charge in [0.05, 0.1) is 6.04 Å². The van der Waals surface area contributed by atoms with Crippen LogP contribution in [0.4, 0.5) is 0 Å². The molecule has 0 fully saturated rings. The molecule has 1 amide bonds. The summed E-state index contributed by atoms with van der Waals surface area (Å²) in [5.41, 5.74) is 0. The molecule has 6 heteroatoms. The summed E-state index contributed by atoms with van der Waals surface area (Å²) < 4.78 is 1.54. The molecule has 0 bridgehead atoms. The molecule has 0 aromatic carbocycles. The highest BCUT2D eigenvalue weighted by Crippen LogP contribution is 2.18. The van der Waals surface area contributed by atoms with E-state index in [4.69, 9.17) is 0 Å². The van der Waals surface area contributed by atoms with Gasteiger partial charge in [0.1, 0.15) is 18.7 Å². The van der Waals surface area contributed by atoms with Gasteiger partial charge < -0.3 is 5.32 Å². The van der Waals surface area contributed by atoms with E-state index in [0.717, 1.165) is 4.88 Å². The number of rotatable bonds is 4. The summed E-state index contributed by atoms with van der Waals surface area (Å²) in [5, 5.41) is 8.91.